The molecule has 9 nitrogen and oxygen atoms in total. The van der Waals surface area contributed by atoms with Gasteiger partial charge in [-0.3, -0.25) is 14.4 Å². The number of aliphatic hydroxyl groups is 1. The lowest BCUT2D eigenvalue weighted by Gasteiger charge is -2.37. The van der Waals surface area contributed by atoms with Crippen LogP contribution in [0.1, 0.15) is 38.3 Å². The quantitative estimate of drug-likeness (QED) is 0.278. The Balaban J connectivity index is 1.40. The van der Waals surface area contributed by atoms with Crippen LogP contribution in [0.4, 0.5) is 11.4 Å². The van der Waals surface area contributed by atoms with Gasteiger partial charge >= 0.3 is 0 Å². The number of carbonyl (C=O) groups excluding carboxylic acids is 3. The molecule has 1 spiro atoms. The number of aryl methyl sites for hydroxylation is 1. The molecule has 3 heterocycles. The van der Waals surface area contributed by atoms with Gasteiger partial charge in [-0.25, -0.2) is 0 Å². The van der Waals surface area contributed by atoms with Crippen LogP contribution in [0.3, 0.4) is 0 Å². The number of likely N-dealkylation sites (tertiary alicyclic amines) is 1. The summed E-state index contributed by atoms with van der Waals surface area (Å²) < 4.78 is 12.4. The predicted octanol–water partition coefficient (Wildman–Crippen LogP) is 5.24. The standard InChI is InChI=1S/C36H40ClN3O6/c1-5-45-26-16-14-24(15-17-26)38-32(42)28-29-34(44)40(25(20-41)18-23-11-7-6-8-12-23)31(36(29)19-22(3)35(28,4)46-36)33(43)39-30-21(2)10-9-13-27(30)37/h6-17,22,25,28-29,31,41H,5,18-20H2,1-4H3,(H,38,42)(H,39,43)/t22?,25-,28-,29+,31?,35+,36?/m1/s1. The highest BCUT2D eigenvalue weighted by Crippen LogP contribution is 2.65. The average Bonchev–Trinajstić information content (AvgIpc) is 3.55. The third kappa shape index (κ3) is 5.24. The van der Waals surface area contributed by atoms with E-state index >= 15 is 0 Å². The molecule has 10 heteroatoms. The number of para-hydroxylation sites is 1. The Kier molecular flexibility index (Phi) is 8.61. The molecule has 3 fully saturated rings. The average molecular weight is 646 g/mol. The number of amides is 3. The summed E-state index contributed by atoms with van der Waals surface area (Å²) in [5.41, 5.74) is 0.370. The highest BCUT2D eigenvalue weighted by Gasteiger charge is 2.80. The lowest BCUT2D eigenvalue weighted by molar-refractivity contribution is -0.147. The van der Waals surface area contributed by atoms with E-state index in [2.05, 4.69) is 10.6 Å². The first kappa shape index (κ1) is 32.0. The van der Waals surface area contributed by atoms with E-state index in [9.17, 15) is 19.5 Å². The topological polar surface area (TPSA) is 117 Å². The molecule has 0 aromatic heterocycles. The van der Waals surface area contributed by atoms with E-state index < -0.39 is 41.0 Å². The van der Waals surface area contributed by atoms with Crippen molar-refractivity contribution in [3.05, 3.63) is 88.9 Å². The Bertz CT molecular complexity index is 1610. The van der Waals surface area contributed by atoms with Crippen molar-refractivity contribution in [2.75, 3.05) is 23.8 Å². The van der Waals surface area contributed by atoms with Gasteiger partial charge in [-0.15, -0.1) is 0 Å². The van der Waals surface area contributed by atoms with Gasteiger partial charge in [0, 0.05) is 5.69 Å². The molecule has 0 saturated carbocycles. The van der Waals surface area contributed by atoms with Crippen molar-refractivity contribution in [2.45, 2.75) is 63.8 Å². The van der Waals surface area contributed by atoms with Crippen molar-refractivity contribution in [1.82, 2.24) is 4.90 Å². The molecule has 0 radical (unpaired) electrons. The number of aliphatic hydroxyl groups excluding tert-OH is 1. The molecule has 3 aliphatic rings. The second-order valence-corrected chi connectivity index (χ2v) is 13.3. The fraction of sp³-hybridized carbons (Fsp3) is 0.417. The van der Waals surface area contributed by atoms with Gasteiger partial charge in [0.25, 0.3) is 0 Å². The molecule has 3 unspecified atom stereocenters. The van der Waals surface area contributed by atoms with E-state index in [-0.39, 0.29) is 24.3 Å². The van der Waals surface area contributed by atoms with Crippen LogP contribution in [-0.2, 0) is 25.5 Å². The SMILES string of the molecule is CCOc1ccc(NC(=O)[C@H]2[C@H]3C(=O)N([C@@H](CO)Cc4ccccc4)C(C(=O)Nc4c(C)cccc4Cl)C34CC(C)[C@]2(C)O4)cc1. The first-order valence-electron chi connectivity index (χ1n) is 15.8. The molecule has 6 rings (SSSR count). The maximum absolute atomic E-state index is 14.7. The molecule has 46 heavy (non-hydrogen) atoms. The molecule has 242 valence electrons. The van der Waals surface area contributed by atoms with Gasteiger partial charge < -0.3 is 30.1 Å². The van der Waals surface area contributed by atoms with E-state index in [0.29, 0.717) is 41.6 Å². The zero-order chi connectivity index (χ0) is 32.8. The molecule has 0 aliphatic carbocycles. The maximum atomic E-state index is 14.7. The molecule has 3 N–H and O–H groups in total. The van der Waals surface area contributed by atoms with Crippen LogP contribution >= 0.6 is 11.6 Å². The number of ether oxygens (including phenoxy) is 2. The normalized spacial score (nSPS) is 28.6. The Morgan fingerprint density at radius 3 is 2.43 bits per heavy atom. The summed E-state index contributed by atoms with van der Waals surface area (Å²) in [4.78, 5) is 44.9. The van der Waals surface area contributed by atoms with Crippen LogP contribution in [0.5, 0.6) is 5.75 Å². The number of nitrogens with zero attached hydrogens (tertiary/aromatic N) is 1. The van der Waals surface area contributed by atoms with E-state index in [1.165, 1.54) is 4.90 Å². The summed E-state index contributed by atoms with van der Waals surface area (Å²) in [6.07, 6.45) is 0.711. The number of hydrogen-bond acceptors (Lipinski definition) is 6. The molecule has 3 aliphatic heterocycles. The Hall–Kier alpha value is -3.92. The number of benzene rings is 3. The smallest absolute Gasteiger partial charge is 0.250 e. The van der Waals surface area contributed by atoms with Gasteiger partial charge in [-0.05, 0) is 81.0 Å². The fourth-order valence-electron chi connectivity index (χ4n) is 7.91. The highest BCUT2D eigenvalue weighted by molar-refractivity contribution is 6.34. The fourth-order valence-corrected chi connectivity index (χ4v) is 8.18. The van der Waals surface area contributed by atoms with Crippen molar-refractivity contribution < 1.29 is 29.0 Å². The monoisotopic (exact) mass is 645 g/mol. The van der Waals surface area contributed by atoms with Crippen LogP contribution in [0.15, 0.2) is 72.8 Å². The van der Waals surface area contributed by atoms with Crippen LogP contribution in [0, 0.1) is 24.7 Å². The number of hydrogen-bond donors (Lipinski definition) is 3. The molecule has 7 atom stereocenters. The van der Waals surface area contributed by atoms with Crippen LogP contribution in [0.2, 0.25) is 5.02 Å². The van der Waals surface area contributed by atoms with Crippen LogP contribution in [0.25, 0.3) is 0 Å². The van der Waals surface area contributed by atoms with Gasteiger partial charge in [-0.1, -0.05) is 61.0 Å². The summed E-state index contributed by atoms with van der Waals surface area (Å²) >= 11 is 6.52. The summed E-state index contributed by atoms with van der Waals surface area (Å²) in [5.74, 6) is -2.49. The largest absolute Gasteiger partial charge is 0.494 e. The van der Waals surface area contributed by atoms with Gasteiger partial charge in [-0.2, -0.15) is 0 Å². The Labute approximate surface area is 274 Å². The number of rotatable bonds is 10. The maximum Gasteiger partial charge on any atom is 0.250 e. The number of fused-ring (bicyclic) bond motifs is 1. The number of halogens is 1. The second-order valence-electron chi connectivity index (χ2n) is 12.8. The second kappa shape index (κ2) is 12.4. The lowest BCUT2D eigenvalue weighted by Crippen LogP contribution is -2.57. The van der Waals surface area contributed by atoms with E-state index in [1.807, 2.05) is 64.1 Å². The van der Waals surface area contributed by atoms with Crippen molar-refractivity contribution in [3.8, 4) is 5.75 Å². The van der Waals surface area contributed by atoms with E-state index in [0.717, 1.165) is 11.1 Å². The van der Waals surface area contributed by atoms with E-state index in [1.54, 1.807) is 36.4 Å². The molecular weight excluding hydrogens is 606 g/mol. The van der Waals surface area contributed by atoms with Crippen molar-refractivity contribution in [1.29, 1.82) is 0 Å². The molecule has 3 aromatic rings. The molecule has 3 amide bonds. The van der Waals surface area contributed by atoms with Crippen molar-refractivity contribution >= 4 is 40.7 Å². The summed E-state index contributed by atoms with van der Waals surface area (Å²) in [5, 5.41) is 17.1. The Morgan fingerprint density at radius 1 is 1.07 bits per heavy atom. The predicted molar refractivity (Wildman–Crippen MR) is 176 cm³/mol. The number of nitrogens with one attached hydrogen (secondary N) is 2. The molecular formula is C36H40ClN3O6. The number of carbonyl (C=O) groups is 3. The highest BCUT2D eigenvalue weighted by atomic mass is 35.5. The van der Waals surface area contributed by atoms with Gasteiger partial charge in [0.05, 0.1) is 47.4 Å². The van der Waals surface area contributed by atoms with Crippen LogP contribution in [-0.4, -0.2) is 64.2 Å². The van der Waals surface area contributed by atoms with Gasteiger partial charge in [0.2, 0.25) is 17.7 Å². The number of anilines is 2. The van der Waals surface area contributed by atoms with Gasteiger partial charge in [0.15, 0.2) is 0 Å². The van der Waals surface area contributed by atoms with Crippen LogP contribution < -0.4 is 15.4 Å². The summed E-state index contributed by atoms with van der Waals surface area (Å²) in [6, 6.07) is 20.1. The third-order valence-electron chi connectivity index (χ3n) is 10.1. The third-order valence-corrected chi connectivity index (χ3v) is 10.4. The zero-order valence-corrected chi connectivity index (χ0v) is 27.2. The summed E-state index contributed by atoms with van der Waals surface area (Å²) in [6.45, 7) is 7.74. The first-order chi connectivity index (χ1) is 22.0. The zero-order valence-electron chi connectivity index (χ0n) is 26.5. The van der Waals surface area contributed by atoms with Gasteiger partial charge in [0.1, 0.15) is 17.4 Å². The first-order valence-corrected chi connectivity index (χ1v) is 16.2. The lowest BCUT2D eigenvalue weighted by atomic mass is 9.62. The molecule has 3 aromatic carbocycles. The minimum atomic E-state index is -1.30. The minimum absolute atomic E-state index is 0.147. The van der Waals surface area contributed by atoms with E-state index in [4.69, 9.17) is 21.1 Å². The Morgan fingerprint density at radius 2 is 1.78 bits per heavy atom. The van der Waals surface area contributed by atoms with Crippen molar-refractivity contribution in [3.63, 3.8) is 0 Å². The van der Waals surface area contributed by atoms with Crippen molar-refractivity contribution in [2.24, 2.45) is 17.8 Å². The molecule has 3 saturated heterocycles. The summed E-state index contributed by atoms with van der Waals surface area (Å²) in [7, 11) is 0. The minimum Gasteiger partial charge on any atom is -0.494 e. The molecule has 2 bridgehead atoms.